The summed E-state index contributed by atoms with van der Waals surface area (Å²) in [7, 11) is -3.80. The van der Waals surface area contributed by atoms with E-state index in [0.717, 1.165) is 4.90 Å². The lowest BCUT2D eigenvalue weighted by atomic mass is 10.2. The van der Waals surface area contributed by atoms with Crippen molar-refractivity contribution in [1.29, 1.82) is 0 Å². The van der Waals surface area contributed by atoms with Gasteiger partial charge in [-0.25, -0.2) is 12.8 Å². The minimum Gasteiger partial charge on any atom is -0.326 e. The maximum absolute atomic E-state index is 13.6. The van der Waals surface area contributed by atoms with Gasteiger partial charge in [-0.3, -0.25) is 9.59 Å². The Hall–Kier alpha value is -2.39. The number of carbonyl (C=O) groups is 2. The second-order valence-electron chi connectivity index (χ2n) is 6.88. The highest BCUT2D eigenvalue weighted by Crippen LogP contribution is 2.33. The Labute approximate surface area is 173 Å². The number of fused-ring (bicyclic) bond motifs is 1. The van der Waals surface area contributed by atoms with E-state index < -0.39 is 26.8 Å². The molecule has 0 spiro atoms. The first kappa shape index (κ1) is 21.3. The normalized spacial score (nSPS) is 15.1. The highest BCUT2D eigenvalue weighted by Gasteiger charge is 2.27. The molecule has 2 amide bonds. The van der Waals surface area contributed by atoms with Crippen LogP contribution in [-0.4, -0.2) is 31.2 Å². The molecule has 0 radical (unpaired) electrons. The Morgan fingerprint density at radius 1 is 1.28 bits per heavy atom. The lowest BCUT2D eigenvalue weighted by Crippen LogP contribution is -2.25. The number of hydrogen-bond donors (Lipinski definition) is 2. The van der Waals surface area contributed by atoms with Crippen molar-refractivity contribution in [2.45, 2.75) is 41.7 Å². The number of anilines is 2. The Kier molecular flexibility index (Phi) is 6.28. The van der Waals surface area contributed by atoms with Gasteiger partial charge in [-0.2, -0.15) is 0 Å². The van der Waals surface area contributed by atoms with Crippen molar-refractivity contribution in [2.75, 3.05) is 16.4 Å². The Bertz CT molecular complexity index is 1070. The quantitative estimate of drug-likeness (QED) is 0.745. The van der Waals surface area contributed by atoms with E-state index >= 15 is 0 Å². The molecular weight excluding hydrogens is 415 g/mol. The summed E-state index contributed by atoms with van der Waals surface area (Å²) in [5, 5.41) is 4.25. The maximum Gasteiger partial charge on any atom is 0.225 e. The van der Waals surface area contributed by atoms with E-state index in [-0.39, 0.29) is 22.9 Å². The largest absolute Gasteiger partial charge is 0.326 e. The van der Waals surface area contributed by atoms with Crippen LogP contribution in [0.1, 0.15) is 25.3 Å². The van der Waals surface area contributed by atoms with E-state index in [9.17, 15) is 22.4 Å². The molecule has 6 nitrogen and oxygen atoms in total. The van der Waals surface area contributed by atoms with Crippen molar-refractivity contribution < 1.29 is 22.4 Å². The average molecular weight is 437 g/mol. The minimum absolute atomic E-state index is 0.0423. The summed E-state index contributed by atoms with van der Waals surface area (Å²) in [6, 6.07) is 8.88. The van der Waals surface area contributed by atoms with Crippen LogP contribution in [0.2, 0.25) is 0 Å². The molecule has 0 fully saturated rings. The number of amides is 2. The van der Waals surface area contributed by atoms with Crippen LogP contribution in [-0.2, 0) is 19.4 Å². The third-order valence-corrected chi connectivity index (χ3v) is 7.81. The number of carbonyl (C=O) groups excluding carboxylic acids is 2. The van der Waals surface area contributed by atoms with Crippen molar-refractivity contribution in [2.24, 2.45) is 0 Å². The Morgan fingerprint density at radius 2 is 2.03 bits per heavy atom. The maximum atomic E-state index is 13.6. The fourth-order valence-electron chi connectivity index (χ4n) is 2.86. The fourth-order valence-corrected chi connectivity index (χ4v) is 5.17. The Balaban J connectivity index is 1.74. The second kappa shape index (κ2) is 8.54. The molecule has 0 bridgehead atoms. The molecule has 1 aliphatic heterocycles. The van der Waals surface area contributed by atoms with E-state index in [0.29, 0.717) is 23.4 Å². The summed E-state index contributed by atoms with van der Waals surface area (Å²) >= 11 is 1.48. The van der Waals surface area contributed by atoms with E-state index in [1.807, 2.05) is 0 Å². The SMILES string of the molecule is Cc1ccc(NC(=O)CC(C)S(=O)(=O)c2ccc3c(c2)NC(=O)CCS3)cc1F. The van der Waals surface area contributed by atoms with Crippen LogP contribution in [0.4, 0.5) is 15.8 Å². The van der Waals surface area contributed by atoms with Crippen LogP contribution in [0.5, 0.6) is 0 Å². The van der Waals surface area contributed by atoms with Gasteiger partial charge in [-0.1, -0.05) is 6.07 Å². The predicted molar refractivity (Wildman–Crippen MR) is 111 cm³/mol. The number of sulfone groups is 1. The number of hydrogen-bond acceptors (Lipinski definition) is 5. The molecular formula is C20H21FN2O4S2. The molecule has 2 aromatic rings. The molecule has 0 saturated heterocycles. The van der Waals surface area contributed by atoms with Gasteiger partial charge < -0.3 is 10.6 Å². The van der Waals surface area contributed by atoms with Crippen molar-refractivity contribution in [1.82, 2.24) is 0 Å². The van der Waals surface area contributed by atoms with Crippen LogP contribution >= 0.6 is 11.8 Å². The lowest BCUT2D eigenvalue weighted by Gasteiger charge is -2.15. The van der Waals surface area contributed by atoms with E-state index in [4.69, 9.17) is 0 Å². The first-order valence-electron chi connectivity index (χ1n) is 9.03. The van der Waals surface area contributed by atoms with Crippen LogP contribution < -0.4 is 10.6 Å². The van der Waals surface area contributed by atoms with Gasteiger partial charge >= 0.3 is 0 Å². The molecule has 154 valence electrons. The van der Waals surface area contributed by atoms with Crippen LogP contribution in [0.15, 0.2) is 46.2 Å². The topological polar surface area (TPSA) is 92.3 Å². The number of thioether (sulfide) groups is 1. The van der Waals surface area contributed by atoms with E-state index in [1.165, 1.54) is 43.0 Å². The molecule has 0 aliphatic carbocycles. The molecule has 1 heterocycles. The molecule has 0 aromatic heterocycles. The summed E-state index contributed by atoms with van der Waals surface area (Å²) in [6.45, 7) is 3.06. The molecule has 1 unspecified atom stereocenters. The van der Waals surface area contributed by atoms with Gasteiger partial charge in [0.2, 0.25) is 11.8 Å². The Morgan fingerprint density at radius 3 is 2.76 bits per heavy atom. The first-order chi connectivity index (χ1) is 13.7. The van der Waals surface area contributed by atoms with Crippen molar-refractivity contribution in [3.63, 3.8) is 0 Å². The molecule has 0 saturated carbocycles. The van der Waals surface area contributed by atoms with Crippen LogP contribution in [0, 0.1) is 12.7 Å². The number of rotatable bonds is 5. The van der Waals surface area contributed by atoms with Crippen LogP contribution in [0.25, 0.3) is 0 Å². The van der Waals surface area contributed by atoms with Crippen LogP contribution in [0.3, 0.4) is 0 Å². The standard InChI is InChI=1S/C20H21FN2O4S2/c1-12-3-4-14(10-16(12)21)22-20(25)9-13(2)29(26,27)15-5-6-18-17(11-15)23-19(24)7-8-28-18/h3-6,10-11,13H,7-9H2,1-2H3,(H,22,25)(H,23,24). The summed E-state index contributed by atoms with van der Waals surface area (Å²) in [5.74, 6) is -0.513. The number of halogens is 1. The zero-order valence-corrected chi connectivity index (χ0v) is 17.6. The van der Waals surface area contributed by atoms with E-state index in [2.05, 4.69) is 10.6 Å². The first-order valence-corrected chi connectivity index (χ1v) is 11.6. The number of benzene rings is 2. The number of aryl methyl sites for hydroxylation is 1. The summed E-state index contributed by atoms with van der Waals surface area (Å²) in [5.41, 5.74) is 1.19. The van der Waals surface area contributed by atoms with Gasteiger partial charge in [-0.05, 0) is 49.7 Å². The van der Waals surface area contributed by atoms with Gasteiger partial charge in [0, 0.05) is 29.2 Å². The average Bonchev–Trinajstić information content (AvgIpc) is 2.84. The molecule has 2 N–H and O–H groups in total. The minimum atomic E-state index is -3.80. The summed E-state index contributed by atoms with van der Waals surface area (Å²) < 4.78 is 39.4. The van der Waals surface area contributed by atoms with Gasteiger partial charge in [0.1, 0.15) is 5.82 Å². The monoisotopic (exact) mass is 436 g/mol. The molecule has 29 heavy (non-hydrogen) atoms. The van der Waals surface area contributed by atoms with Crippen molar-refractivity contribution >= 4 is 44.8 Å². The highest BCUT2D eigenvalue weighted by atomic mass is 32.2. The molecule has 3 rings (SSSR count). The summed E-state index contributed by atoms with van der Waals surface area (Å²) in [6.07, 6.45) is 0.0770. The molecule has 9 heteroatoms. The van der Waals surface area contributed by atoms with Crippen molar-refractivity contribution in [3.05, 3.63) is 47.8 Å². The molecule has 1 aliphatic rings. The second-order valence-corrected chi connectivity index (χ2v) is 10.4. The lowest BCUT2D eigenvalue weighted by molar-refractivity contribution is -0.116. The van der Waals surface area contributed by atoms with Crippen molar-refractivity contribution in [3.8, 4) is 0 Å². The van der Waals surface area contributed by atoms with Gasteiger partial charge in [0.25, 0.3) is 0 Å². The number of nitrogens with one attached hydrogen (secondary N) is 2. The summed E-state index contributed by atoms with van der Waals surface area (Å²) in [4.78, 5) is 24.9. The van der Waals surface area contributed by atoms with Gasteiger partial charge in [0.15, 0.2) is 9.84 Å². The zero-order valence-electron chi connectivity index (χ0n) is 16.0. The molecule has 1 atom stereocenters. The third-order valence-electron chi connectivity index (χ3n) is 4.60. The fraction of sp³-hybridized carbons (Fsp3) is 0.300. The molecule has 2 aromatic carbocycles. The third kappa shape index (κ3) is 4.97. The van der Waals surface area contributed by atoms with Gasteiger partial charge in [-0.15, -0.1) is 11.8 Å². The zero-order chi connectivity index (χ0) is 21.2. The smallest absolute Gasteiger partial charge is 0.225 e. The van der Waals surface area contributed by atoms with E-state index in [1.54, 1.807) is 19.1 Å². The highest BCUT2D eigenvalue weighted by molar-refractivity contribution is 7.99. The predicted octanol–water partition coefficient (Wildman–Crippen LogP) is 3.76. The van der Waals surface area contributed by atoms with Gasteiger partial charge in [0.05, 0.1) is 15.8 Å².